The number of halogens is 1. The minimum Gasteiger partial charge on any atom is -0.748 e. The Morgan fingerprint density at radius 3 is 2.20 bits per heavy atom. The smallest absolute Gasteiger partial charge is 0.100 e. The van der Waals surface area contributed by atoms with Crippen LogP contribution < -0.4 is 4.84 Å². The van der Waals surface area contributed by atoms with E-state index in [1.165, 1.54) is 0 Å². The summed E-state index contributed by atoms with van der Waals surface area (Å²) >= 11 is 5.55. The largest absolute Gasteiger partial charge is 0.748 e. The van der Waals surface area contributed by atoms with Gasteiger partial charge in [-0.15, -0.1) is 0 Å². The van der Waals surface area contributed by atoms with E-state index in [4.69, 9.17) is 11.8 Å². The van der Waals surface area contributed by atoms with E-state index in [0.717, 1.165) is 0 Å². The number of rotatable bonds is 6. The molecule has 0 aromatic carbocycles. The lowest BCUT2D eigenvalue weighted by Gasteiger charge is -2.36. The van der Waals surface area contributed by atoms with Crippen LogP contribution in [0.4, 0.5) is 0 Å². The summed E-state index contributed by atoms with van der Waals surface area (Å²) in [6.07, 6.45) is 0. The van der Waals surface area contributed by atoms with Crippen LogP contribution in [0.5, 0.6) is 0 Å². The van der Waals surface area contributed by atoms with Crippen molar-refractivity contribution < 1.29 is 17.5 Å². The first-order valence-corrected chi connectivity index (χ1v) is 6.56. The van der Waals surface area contributed by atoms with Gasteiger partial charge < -0.3 is 9.04 Å². The van der Waals surface area contributed by atoms with Gasteiger partial charge in [0, 0.05) is 0 Å². The zero-order valence-electron chi connectivity index (χ0n) is 9.58. The summed E-state index contributed by atoms with van der Waals surface area (Å²) < 4.78 is 31.9. The van der Waals surface area contributed by atoms with Crippen LogP contribution in [-0.2, 0) is 10.1 Å². The van der Waals surface area contributed by atoms with Crippen LogP contribution in [0.15, 0.2) is 0 Å². The molecule has 0 aliphatic heterocycles. The maximum atomic E-state index is 10.5. The third kappa shape index (κ3) is 7.98. The van der Waals surface area contributed by atoms with Gasteiger partial charge in [-0.25, -0.2) is 13.3 Å². The summed E-state index contributed by atoms with van der Waals surface area (Å²) in [5.41, 5.74) is -0.308. The number of quaternary nitrogens is 1. The van der Waals surface area contributed by atoms with Crippen LogP contribution in [0.3, 0.4) is 0 Å². The number of hydrogen-bond donors (Lipinski definition) is 1. The van der Waals surface area contributed by atoms with Crippen molar-refractivity contribution in [1.82, 2.24) is 4.84 Å². The second kappa shape index (κ2) is 4.97. The molecule has 0 aliphatic rings. The highest BCUT2D eigenvalue weighted by Gasteiger charge is 2.28. The monoisotopic (exact) mass is 258 g/mol. The highest BCUT2D eigenvalue weighted by molar-refractivity contribution is 7.85. The van der Waals surface area contributed by atoms with Crippen LogP contribution >= 0.6 is 11.8 Å². The topological polar surface area (TPSA) is 69.2 Å². The van der Waals surface area contributed by atoms with Gasteiger partial charge in [-0.3, -0.25) is 0 Å². The van der Waals surface area contributed by atoms with Gasteiger partial charge in [0.1, 0.15) is 10.1 Å². The molecule has 0 radical (unpaired) electrons. The summed E-state index contributed by atoms with van der Waals surface area (Å²) in [5, 5.41) is 0. The van der Waals surface area contributed by atoms with Crippen LogP contribution in [0.1, 0.15) is 13.8 Å². The summed E-state index contributed by atoms with van der Waals surface area (Å²) in [7, 11) is -0.414. The predicted molar refractivity (Wildman–Crippen MR) is 59.5 cm³/mol. The molecule has 0 spiro atoms. The second-order valence-corrected chi connectivity index (χ2v) is 6.77. The molecule has 0 aromatic heterocycles. The van der Waals surface area contributed by atoms with E-state index < -0.39 is 10.1 Å². The van der Waals surface area contributed by atoms with Gasteiger partial charge in [0.05, 0.1) is 38.5 Å². The van der Waals surface area contributed by atoms with Crippen molar-refractivity contribution in [2.45, 2.75) is 19.4 Å². The predicted octanol–water partition coefficient (Wildman–Crippen LogP) is 0.130. The Kier molecular flexibility index (Phi) is 5.01. The Morgan fingerprint density at radius 1 is 1.40 bits per heavy atom. The van der Waals surface area contributed by atoms with Crippen molar-refractivity contribution in [3.8, 4) is 0 Å². The van der Waals surface area contributed by atoms with Crippen LogP contribution in [-0.4, -0.2) is 55.9 Å². The number of nitrogens with zero attached hydrogens (tertiary/aromatic N) is 1. The van der Waals surface area contributed by atoms with E-state index in [-0.39, 0.29) is 17.8 Å². The molecule has 5 nitrogen and oxygen atoms in total. The first kappa shape index (κ1) is 15.1. The molecule has 0 aliphatic carbocycles. The number of hydrogen-bond acceptors (Lipinski definition) is 4. The van der Waals surface area contributed by atoms with Crippen LogP contribution in [0.25, 0.3) is 0 Å². The fraction of sp³-hybridized carbons (Fsp3) is 1.00. The second-order valence-electron chi connectivity index (χ2n) is 5.06. The molecule has 0 saturated carbocycles. The van der Waals surface area contributed by atoms with Gasteiger partial charge in [0.15, 0.2) is 0 Å². The SMILES string of the molecule is CC(C)(C[N+](C)(C)CCS(=O)(=O)[O-])NCl. The Morgan fingerprint density at radius 2 is 1.87 bits per heavy atom. The summed E-state index contributed by atoms with van der Waals surface area (Å²) in [6, 6.07) is 0. The van der Waals surface area contributed by atoms with E-state index in [1.807, 2.05) is 27.9 Å². The molecule has 1 N–H and O–H groups in total. The molecule has 0 saturated heterocycles. The summed E-state index contributed by atoms with van der Waals surface area (Å²) in [6.45, 7) is 4.73. The lowest BCUT2D eigenvalue weighted by atomic mass is 10.1. The number of likely N-dealkylation sites (N-methyl/N-ethyl adjacent to an activating group) is 1. The molecule has 92 valence electrons. The van der Waals surface area contributed by atoms with Crippen molar-refractivity contribution in [3.63, 3.8) is 0 Å². The fourth-order valence-electron chi connectivity index (χ4n) is 1.54. The third-order valence-corrected chi connectivity index (χ3v) is 3.22. The zero-order chi connectivity index (χ0) is 12.3. The minimum atomic E-state index is -4.14. The van der Waals surface area contributed by atoms with E-state index in [0.29, 0.717) is 11.0 Å². The molecule has 0 heterocycles. The molecular weight excluding hydrogens is 240 g/mol. The molecule has 15 heavy (non-hydrogen) atoms. The lowest BCUT2D eigenvalue weighted by Crippen LogP contribution is -2.54. The lowest BCUT2D eigenvalue weighted by molar-refractivity contribution is -0.891. The standard InChI is InChI=1S/C8H19ClN2O3S/c1-8(2,10-9)7-11(3,4)5-6-15(12,13)14/h10H,5-7H2,1-4H3. The molecule has 7 heteroatoms. The Balaban J connectivity index is 4.32. The first-order valence-electron chi connectivity index (χ1n) is 4.61. The quantitative estimate of drug-likeness (QED) is 0.418. The van der Waals surface area contributed by atoms with E-state index >= 15 is 0 Å². The van der Waals surface area contributed by atoms with Crippen molar-refractivity contribution in [2.24, 2.45) is 0 Å². The highest BCUT2D eigenvalue weighted by Crippen LogP contribution is 2.10. The Labute approximate surface area is 96.9 Å². The van der Waals surface area contributed by atoms with Gasteiger partial charge >= 0.3 is 0 Å². The molecule has 0 bridgehead atoms. The van der Waals surface area contributed by atoms with Crippen LogP contribution in [0, 0.1) is 0 Å². The van der Waals surface area contributed by atoms with Gasteiger partial charge in [0.2, 0.25) is 0 Å². The van der Waals surface area contributed by atoms with Crippen molar-refractivity contribution in [1.29, 1.82) is 0 Å². The first-order chi connectivity index (χ1) is 6.47. The molecule has 0 atom stereocenters. The molecule has 0 amide bonds. The average Bonchev–Trinajstić information content (AvgIpc) is 1.98. The van der Waals surface area contributed by atoms with Crippen LogP contribution in [0.2, 0.25) is 0 Å². The number of nitrogens with one attached hydrogen (secondary N) is 1. The van der Waals surface area contributed by atoms with Crippen molar-refractivity contribution in [3.05, 3.63) is 0 Å². The van der Waals surface area contributed by atoms with Crippen molar-refractivity contribution >= 4 is 21.9 Å². The van der Waals surface area contributed by atoms with E-state index in [9.17, 15) is 13.0 Å². The van der Waals surface area contributed by atoms with Gasteiger partial charge in [-0.1, -0.05) is 0 Å². The molecule has 0 fully saturated rings. The Hall–Kier alpha value is 0.120. The molecular formula is C8H19ClN2O3S. The average molecular weight is 259 g/mol. The molecule has 0 rings (SSSR count). The van der Waals surface area contributed by atoms with Gasteiger partial charge in [-0.2, -0.15) is 0 Å². The summed E-state index contributed by atoms with van der Waals surface area (Å²) in [4.78, 5) is 2.62. The minimum absolute atomic E-state index is 0.286. The maximum Gasteiger partial charge on any atom is 0.100 e. The molecule has 0 aromatic rings. The maximum absolute atomic E-state index is 10.5. The van der Waals surface area contributed by atoms with Crippen molar-refractivity contribution in [2.75, 3.05) is 32.9 Å². The van der Waals surface area contributed by atoms with Gasteiger partial charge in [0.25, 0.3) is 0 Å². The molecule has 0 unspecified atom stereocenters. The highest BCUT2D eigenvalue weighted by atomic mass is 35.5. The fourth-order valence-corrected chi connectivity index (χ4v) is 2.32. The normalized spacial score (nSPS) is 14.3. The van der Waals surface area contributed by atoms with E-state index in [1.54, 1.807) is 0 Å². The Bertz CT molecular complexity index is 301. The zero-order valence-corrected chi connectivity index (χ0v) is 11.2. The third-order valence-electron chi connectivity index (χ3n) is 2.03. The van der Waals surface area contributed by atoms with E-state index in [2.05, 4.69) is 4.84 Å². The van der Waals surface area contributed by atoms with Gasteiger partial charge in [-0.05, 0) is 25.6 Å². The summed E-state index contributed by atoms with van der Waals surface area (Å²) in [5.74, 6) is -0.349.